The first-order valence-corrected chi connectivity index (χ1v) is 4.31. The van der Waals surface area contributed by atoms with E-state index in [2.05, 4.69) is 25.1 Å². The van der Waals surface area contributed by atoms with Crippen LogP contribution in [0, 0.1) is 11.5 Å². The topological polar surface area (TPSA) is 9.23 Å². The fourth-order valence-electron chi connectivity index (χ4n) is 1.58. The Morgan fingerprint density at radius 2 is 2.08 bits per heavy atom. The van der Waals surface area contributed by atoms with Gasteiger partial charge in [-0.1, -0.05) is 31.2 Å². The van der Waals surface area contributed by atoms with Gasteiger partial charge in [-0.25, -0.2) is 0 Å². The maximum atomic E-state index is 5.20. The molecule has 1 saturated heterocycles. The summed E-state index contributed by atoms with van der Waals surface area (Å²) in [5.74, 6) is 0. The molecule has 0 N–H and O–H groups in total. The van der Waals surface area contributed by atoms with E-state index in [9.17, 15) is 0 Å². The van der Waals surface area contributed by atoms with Crippen LogP contribution in [0.25, 0.3) is 0 Å². The third kappa shape index (κ3) is 1.51. The highest BCUT2D eigenvalue weighted by atomic mass is 16.5. The first-order chi connectivity index (χ1) is 5.79. The van der Waals surface area contributed by atoms with E-state index in [1.165, 1.54) is 5.56 Å². The van der Waals surface area contributed by atoms with Crippen LogP contribution in [0.2, 0.25) is 0 Å². The van der Waals surface area contributed by atoms with Gasteiger partial charge in [-0.2, -0.15) is 0 Å². The van der Waals surface area contributed by atoms with Crippen LogP contribution in [0.4, 0.5) is 0 Å². The summed E-state index contributed by atoms with van der Waals surface area (Å²) in [7, 11) is 0. The van der Waals surface area contributed by atoms with Gasteiger partial charge in [0, 0.05) is 5.41 Å². The molecule has 1 aromatic rings. The van der Waals surface area contributed by atoms with Crippen molar-refractivity contribution in [3.8, 4) is 0 Å². The van der Waals surface area contributed by atoms with Gasteiger partial charge in [-0.05, 0) is 18.1 Å². The minimum atomic E-state index is 0.390. The predicted molar refractivity (Wildman–Crippen MR) is 47.9 cm³/mol. The molecule has 1 aromatic carbocycles. The maximum Gasteiger partial charge on any atom is 0.0545 e. The molecule has 0 aromatic heterocycles. The maximum absolute atomic E-state index is 5.20. The van der Waals surface area contributed by atoms with Crippen LogP contribution in [-0.4, -0.2) is 13.2 Å². The molecule has 1 heteroatoms. The summed E-state index contributed by atoms with van der Waals surface area (Å²) in [6, 6.07) is 11.2. The standard InChI is InChI=1S/C11H13O/c1-11(8-12-9-11)7-10-5-3-2-4-6-10/h3-6H,7-9H2,1H3. The Morgan fingerprint density at radius 3 is 2.58 bits per heavy atom. The van der Waals surface area contributed by atoms with E-state index in [1.54, 1.807) is 0 Å². The highest BCUT2D eigenvalue weighted by Gasteiger charge is 2.33. The molecule has 12 heavy (non-hydrogen) atoms. The lowest BCUT2D eigenvalue weighted by atomic mass is 9.82. The van der Waals surface area contributed by atoms with E-state index in [0.29, 0.717) is 5.41 Å². The second-order valence-electron chi connectivity index (χ2n) is 3.89. The second-order valence-corrected chi connectivity index (χ2v) is 3.89. The lowest BCUT2D eigenvalue weighted by molar-refractivity contribution is -0.100. The number of hydrogen-bond donors (Lipinski definition) is 0. The fraction of sp³-hybridized carbons (Fsp3) is 0.455. The Balaban J connectivity index is 2.04. The van der Waals surface area contributed by atoms with Crippen molar-refractivity contribution in [2.45, 2.75) is 13.3 Å². The Morgan fingerprint density at radius 1 is 1.42 bits per heavy atom. The van der Waals surface area contributed by atoms with E-state index in [4.69, 9.17) is 4.74 Å². The normalized spacial score (nSPS) is 20.1. The first-order valence-electron chi connectivity index (χ1n) is 4.31. The largest absolute Gasteiger partial charge is 0.380 e. The quantitative estimate of drug-likeness (QED) is 0.645. The second kappa shape index (κ2) is 2.91. The Bertz CT molecular complexity index is 249. The van der Waals surface area contributed by atoms with E-state index >= 15 is 0 Å². The lowest BCUT2D eigenvalue weighted by Gasteiger charge is -2.38. The zero-order valence-electron chi connectivity index (χ0n) is 7.34. The Hall–Kier alpha value is -0.820. The summed E-state index contributed by atoms with van der Waals surface area (Å²) >= 11 is 0. The molecule has 0 bridgehead atoms. The molecule has 2 rings (SSSR count). The third-order valence-electron chi connectivity index (χ3n) is 2.32. The minimum Gasteiger partial charge on any atom is -0.380 e. The molecule has 0 unspecified atom stereocenters. The fourth-order valence-corrected chi connectivity index (χ4v) is 1.58. The van der Waals surface area contributed by atoms with Gasteiger partial charge < -0.3 is 4.74 Å². The van der Waals surface area contributed by atoms with Crippen LogP contribution < -0.4 is 0 Å². The van der Waals surface area contributed by atoms with Crippen LogP contribution >= 0.6 is 0 Å². The van der Waals surface area contributed by atoms with Gasteiger partial charge in [0.1, 0.15) is 0 Å². The first kappa shape index (κ1) is 7.81. The van der Waals surface area contributed by atoms with Crippen molar-refractivity contribution in [2.24, 2.45) is 5.41 Å². The molecule has 0 aliphatic carbocycles. The van der Waals surface area contributed by atoms with Gasteiger partial charge >= 0.3 is 0 Å². The predicted octanol–water partition coefficient (Wildman–Crippen LogP) is 2.07. The van der Waals surface area contributed by atoms with Crippen LogP contribution in [-0.2, 0) is 11.2 Å². The van der Waals surface area contributed by atoms with Crippen molar-refractivity contribution in [3.63, 3.8) is 0 Å². The average Bonchev–Trinajstić information content (AvgIpc) is 2.04. The number of hydrogen-bond acceptors (Lipinski definition) is 1. The molecule has 63 valence electrons. The van der Waals surface area contributed by atoms with Crippen molar-refractivity contribution in [1.82, 2.24) is 0 Å². The van der Waals surface area contributed by atoms with E-state index < -0.39 is 0 Å². The molecule has 1 aliphatic heterocycles. The molecule has 0 amide bonds. The van der Waals surface area contributed by atoms with Crippen LogP contribution in [0.15, 0.2) is 24.3 Å². The molecule has 1 fully saturated rings. The minimum absolute atomic E-state index is 0.390. The van der Waals surface area contributed by atoms with Crippen LogP contribution in [0.1, 0.15) is 12.5 Å². The SMILES string of the molecule is CC1(Cc2cc[c]cc2)COC1. The van der Waals surface area contributed by atoms with Gasteiger partial charge in [0.25, 0.3) is 0 Å². The molecule has 1 aliphatic rings. The van der Waals surface area contributed by atoms with Crippen molar-refractivity contribution in [2.75, 3.05) is 13.2 Å². The van der Waals surface area contributed by atoms with Crippen LogP contribution in [0.5, 0.6) is 0 Å². The molecule has 0 saturated carbocycles. The molecular formula is C11H13O. The Labute approximate surface area is 73.4 Å². The highest BCUT2D eigenvalue weighted by Crippen LogP contribution is 2.30. The van der Waals surface area contributed by atoms with E-state index in [0.717, 1.165) is 19.6 Å². The van der Waals surface area contributed by atoms with E-state index in [-0.39, 0.29) is 0 Å². The molecule has 1 nitrogen and oxygen atoms in total. The zero-order valence-corrected chi connectivity index (χ0v) is 7.34. The van der Waals surface area contributed by atoms with E-state index in [1.807, 2.05) is 12.1 Å². The van der Waals surface area contributed by atoms with Gasteiger partial charge in [0.15, 0.2) is 0 Å². The molecular weight excluding hydrogens is 148 g/mol. The van der Waals surface area contributed by atoms with Gasteiger partial charge in [0.05, 0.1) is 13.2 Å². The Kier molecular flexibility index (Phi) is 1.89. The zero-order chi connectivity index (χ0) is 8.44. The monoisotopic (exact) mass is 161 g/mol. The third-order valence-corrected chi connectivity index (χ3v) is 2.32. The molecule has 1 heterocycles. The van der Waals surface area contributed by atoms with Crippen molar-refractivity contribution in [3.05, 3.63) is 35.9 Å². The molecule has 0 spiro atoms. The van der Waals surface area contributed by atoms with Crippen molar-refractivity contribution < 1.29 is 4.74 Å². The smallest absolute Gasteiger partial charge is 0.0545 e. The summed E-state index contributed by atoms with van der Waals surface area (Å²) in [6.07, 6.45) is 1.13. The summed E-state index contributed by atoms with van der Waals surface area (Å²) in [6.45, 7) is 4.09. The molecule has 1 radical (unpaired) electrons. The summed E-state index contributed by atoms with van der Waals surface area (Å²) in [4.78, 5) is 0. The average molecular weight is 161 g/mol. The molecule has 0 atom stereocenters. The van der Waals surface area contributed by atoms with Crippen LogP contribution in [0.3, 0.4) is 0 Å². The summed E-state index contributed by atoms with van der Waals surface area (Å²) in [5, 5.41) is 0. The highest BCUT2D eigenvalue weighted by molar-refractivity contribution is 5.16. The number of ether oxygens (including phenoxy) is 1. The van der Waals surface area contributed by atoms with Gasteiger partial charge in [-0.3, -0.25) is 0 Å². The van der Waals surface area contributed by atoms with Crippen molar-refractivity contribution >= 4 is 0 Å². The van der Waals surface area contributed by atoms with Crippen molar-refractivity contribution in [1.29, 1.82) is 0 Å². The van der Waals surface area contributed by atoms with Gasteiger partial charge in [-0.15, -0.1) is 0 Å². The number of rotatable bonds is 2. The number of benzene rings is 1. The lowest BCUT2D eigenvalue weighted by Crippen LogP contribution is -2.41. The van der Waals surface area contributed by atoms with Gasteiger partial charge in [0.2, 0.25) is 0 Å². The summed E-state index contributed by atoms with van der Waals surface area (Å²) < 4.78 is 5.20. The summed E-state index contributed by atoms with van der Waals surface area (Å²) in [5.41, 5.74) is 1.78.